The topological polar surface area (TPSA) is 49.0 Å². The number of aromatic nitrogens is 2. The first-order valence-electron chi connectivity index (χ1n) is 9.51. The molecule has 3 aromatic carbocycles. The third kappa shape index (κ3) is 3.81. The van der Waals surface area contributed by atoms with Gasteiger partial charge in [0, 0.05) is 19.9 Å². The van der Waals surface area contributed by atoms with Crippen molar-refractivity contribution in [2.24, 2.45) is 0 Å². The fourth-order valence-electron chi connectivity index (χ4n) is 3.58. The molecule has 0 saturated carbocycles. The number of benzene rings is 3. The molecule has 0 atom stereocenters. The fraction of sp³-hybridized carbons (Fsp3) is 0.167. The Kier molecular flexibility index (Phi) is 5.20. The lowest BCUT2D eigenvalue weighted by Crippen LogP contribution is -2.32. The molecule has 4 nitrogen and oxygen atoms in total. The van der Waals surface area contributed by atoms with Gasteiger partial charge in [0.1, 0.15) is 5.82 Å². The normalized spacial score (nSPS) is 11.1. The molecule has 1 heterocycles. The van der Waals surface area contributed by atoms with E-state index in [1.165, 1.54) is 0 Å². The lowest BCUT2D eigenvalue weighted by atomic mass is 9.97. The number of imidazole rings is 1. The van der Waals surface area contributed by atoms with Crippen LogP contribution in [0, 0.1) is 0 Å². The van der Waals surface area contributed by atoms with Gasteiger partial charge in [-0.1, -0.05) is 72.8 Å². The van der Waals surface area contributed by atoms with E-state index in [9.17, 15) is 4.79 Å². The van der Waals surface area contributed by atoms with E-state index in [1.54, 1.807) is 0 Å². The van der Waals surface area contributed by atoms with Crippen LogP contribution in [0.4, 0.5) is 0 Å². The first-order chi connectivity index (χ1) is 13.7. The van der Waals surface area contributed by atoms with E-state index in [2.05, 4.69) is 34.2 Å². The van der Waals surface area contributed by atoms with E-state index in [4.69, 9.17) is 0 Å². The molecule has 1 amide bonds. The number of para-hydroxylation sites is 2. The summed E-state index contributed by atoms with van der Waals surface area (Å²) < 4.78 is 0. The number of hydrogen-bond donors (Lipinski definition) is 1. The number of amides is 1. The smallest absolute Gasteiger partial charge is 0.223 e. The van der Waals surface area contributed by atoms with Gasteiger partial charge in [-0.15, -0.1) is 0 Å². The van der Waals surface area contributed by atoms with Gasteiger partial charge < -0.3 is 9.88 Å². The number of nitrogens with one attached hydrogen (secondary N) is 1. The van der Waals surface area contributed by atoms with Crippen LogP contribution >= 0.6 is 0 Å². The van der Waals surface area contributed by atoms with Crippen molar-refractivity contribution < 1.29 is 4.79 Å². The van der Waals surface area contributed by atoms with Crippen LogP contribution < -0.4 is 0 Å². The second-order valence-electron chi connectivity index (χ2n) is 6.93. The molecule has 28 heavy (non-hydrogen) atoms. The molecule has 1 N–H and O–H groups in total. The summed E-state index contributed by atoms with van der Waals surface area (Å²) in [5.41, 5.74) is 4.15. The Morgan fingerprint density at radius 1 is 0.893 bits per heavy atom. The van der Waals surface area contributed by atoms with Crippen molar-refractivity contribution in [2.45, 2.75) is 18.9 Å². The van der Waals surface area contributed by atoms with Crippen LogP contribution in [0.1, 0.15) is 29.4 Å². The van der Waals surface area contributed by atoms with E-state index >= 15 is 0 Å². The number of aryl methyl sites for hydroxylation is 1. The Morgan fingerprint density at radius 3 is 2.07 bits per heavy atom. The molecule has 4 aromatic rings. The predicted molar refractivity (Wildman–Crippen MR) is 112 cm³/mol. The van der Waals surface area contributed by atoms with E-state index < -0.39 is 0 Å². The maximum absolute atomic E-state index is 13.0. The van der Waals surface area contributed by atoms with E-state index in [0.717, 1.165) is 28.0 Å². The Morgan fingerprint density at radius 2 is 1.46 bits per heavy atom. The molecule has 0 aliphatic heterocycles. The van der Waals surface area contributed by atoms with Crippen molar-refractivity contribution in [1.82, 2.24) is 14.9 Å². The van der Waals surface area contributed by atoms with Crippen LogP contribution in [0.15, 0.2) is 84.9 Å². The average molecular weight is 369 g/mol. The van der Waals surface area contributed by atoms with Crippen LogP contribution in [0.5, 0.6) is 0 Å². The van der Waals surface area contributed by atoms with E-state index in [0.29, 0.717) is 12.8 Å². The van der Waals surface area contributed by atoms with Crippen molar-refractivity contribution in [3.63, 3.8) is 0 Å². The molecule has 0 saturated heterocycles. The molecular weight excluding hydrogens is 346 g/mol. The monoisotopic (exact) mass is 369 g/mol. The van der Waals surface area contributed by atoms with Gasteiger partial charge in [0.15, 0.2) is 0 Å². The van der Waals surface area contributed by atoms with Crippen molar-refractivity contribution >= 4 is 16.9 Å². The highest BCUT2D eigenvalue weighted by Gasteiger charge is 2.23. The average Bonchev–Trinajstić information content (AvgIpc) is 3.17. The van der Waals surface area contributed by atoms with Gasteiger partial charge in [0.2, 0.25) is 5.91 Å². The standard InChI is InChI=1S/C24H23N3O/c1-27(23(28)17-16-22-25-20-14-8-9-15-21(20)26-22)24(18-10-4-2-5-11-18)19-12-6-3-7-13-19/h2-15,24H,16-17H2,1H3,(H,25,26). The van der Waals surface area contributed by atoms with Gasteiger partial charge in [0.25, 0.3) is 0 Å². The van der Waals surface area contributed by atoms with Crippen molar-refractivity contribution in [3.8, 4) is 0 Å². The second-order valence-corrected chi connectivity index (χ2v) is 6.93. The van der Waals surface area contributed by atoms with Crippen molar-refractivity contribution in [3.05, 3.63) is 102 Å². The molecule has 4 heteroatoms. The first kappa shape index (κ1) is 18.0. The van der Waals surface area contributed by atoms with Gasteiger partial charge in [-0.05, 0) is 23.3 Å². The Hall–Kier alpha value is -3.40. The van der Waals surface area contributed by atoms with E-state index in [-0.39, 0.29) is 11.9 Å². The first-order valence-corrected chi connectivity index (χ1v) is 9.51. The summed E-state index contributed by atoms with van der Waals surface area (Å²) >= 11 is 0. The lowest BCUT2D eigenvalue weighted by molar-refractivity contribution is -0.131. The van der Waals surface area contributed by atoms with Crippen LogP contribution in [0.25, 0.3) is 11.0 Å². The highest BCUT2D eigenvalue weighted by Crippen LogP contribution is 2.28. The fourth-order valence-corrected chi connectivity index (χ4v) is 3.58. The number of carbonyl (C=O) groups excluding carboxylic acids is 1. The molecule has 0 fully saturated rings. The van der Waals surface area contributed by atoms with Gasteiger partial charge in [-0.3, -0.25) is 4.79 Å². The number of H-pyrrole nitrogens is 1. The van der Waals surface area contributed by atoms with Gasteiger partial charge >= 0.3 is 0 Å². The van der Waals surface area contributed by atoms with Gasteiger partial charge in [-0.2, -0.15) is 0 Å². The number of aromatic amines is 1. The summed E-state index contributed by atoms with van der Waals surface area (Å²) in [6.07, 6.45) is 1.00. The summed E-state index contributed by atoms with van der Waals surface area (Å²) in [7, 11) is 1.88. The zero-order valence-corrected chi connectivity index (χ0v) is 15.9. The van der Waals surface area contributed by atoms with Crippen LogP contribution in [0.2, 0.25) is 0 Å². The van der Waals surface area contributed by atoms with Crippen LogP contribution in [-0.4, -0.2) is 27.8 Å². The van der Waals surface area contributed by atoms with Gasteiger partial charge in [-0.25, -0.2) is 4.98 Å². The molecule has 0 spiro atoms. The number of hydrogen-bond acceptors (Lipinski definition) is 2. The Balaban J connectivity index is 1.52. The second kappa shape index (κ2) is 8.09. The number of carbonyl (C=O) groups is 1. The summed E-state index contributed by atoms with van der Waals surface area (Å²) in [4.78, 5) is 22.7. The van der Waals surface area contributed by atoms with Crippen molar-refractivity contribution in [2.75, 3.05) is 7.05 Å². The third-order valence-electron chi connectivity index (χ3n) is 5.03. The summed E-state index contributed by atoms with van der Waals surface area (Å²) in [6.45, 7) is 0. The molecule has 0 bridgehead atoms. The molecule has 4 rings (SSSR count). The highest BCUT2D eigenvalue weighted by molar-refractivity contribution is 5.78. The molecule has 140 valence electrons. The number of fused-ring (bicyclic) bond motifs is 1. The van der Waals surface area contributed by atoms with E-state index in [1.807, 2.05) is 72.6 Å². The van der Waals surface area contributed by atoms with Crippen molar-refractivity contribution in [1.29, 1.82) is 0 Å². The minimum absolute atomic E-state index is 0.0955. The summed E-state index contributed by atoms with van der Waals surface area (Å²) in [5.74, 6) is 0.942. The predicted octanol–water partition coefficient (Wildman–Crippen LogP) is 4.74. The largest absolute Gasteiger partial charge is 0.342 e. The molecule has 1 aromatic heterocycles. The Labute approximate surface area is 164 Å². The quantitative estimate of drug-likeness (QED) is 0.533. The SMILES string of the molecule is CN(C(=O)CCc1nc2ccccc2[nH]1)C(c1ccccc1)c1ccccc1. The lowest BCUT2D eigenvalue weighted by Gasteiger charge is -2.29. The zero-order valence-electron chi connectivity index (χ0n) is 15.9. The third-order valence-corrected chi connectivity index (χ3v) is 5.03. The minimum atomic E-state index is -0.106. The molecule has 0 unspecified atom stereocenters. The van der Waals surface area contributed by atoms with Crippen LogP contribution in [0.3, 0.4) is 0 Å². The molecule has 0 aliphatic rings. The molecule has 0 aliphatic carbocycles. The maximum Gasteiger partial charge on any atom is 0.223 e. The van der Waals surface area contributed by atoms with Gasteiger partial charge in [0.05, 0.1) is 17.1 Å². The number of rotatable bonds is 6. The molecular formula is C24H23N3O. The highest BCUT2D eigenvalue weighted by atomic mass is 16.2. The molecule has 0 radical (unpaired) electrons. The Bertz CT molecular complexity index is 984. The number of nitrogens with zero attached hydrogens (tertiary/aromatic N) is 2. The zero-order chi connectivity index (χ0) is 19.3. The maximum atomic E-state index is 13.0. The van der Waals surface area contributed by atoms with Crippen LogP contribution in [-0.2, 0) is 11.2 Å². The minimum Gasteiger partial charge on any atom is -0.342 e. The summed E-state index contributed by atoms with van der Waals surface area (Å²) in [6, 6.07) is 28.1. The summed E-state index contributed by atoms with van der Waals surface area (Å²) in [5, 5.41) is 0.